The maximum atomic E-state index is 11.8. The molecule has 0 bridgehead atoms. The van der Waals surface area contributed by atoms with Gasteiger partial charge in [-0.3, -0.25) is 0 Å². The first kappa shape index (κ1) is 14.0. The topological polar surface area (TPSA) is 35.5 Å². The molecule has 0 aromatic heterocycles. The molecule has 0 fully saturated rings. The summed E-state index contributed by atoms with van der Waals surface area (Å²) in [7, 11) is 1.55. The van der Waals surface area contributed by atoms with Gasteiger partial charge in [-0.25, -0.2) is 4.79 Å². The Morgan fingerprint density at radius 3 is 2.76 bits per heavy atom. The van der Waals surface area contributed by atoms with Crippen LogP contribution < -0.4 is 4.74 Å². The molecular weight excluding hydrogens is 284 g/mol. The summed E-state index contributed by atoms with van der Waals surface area (Å²) in [6.45, 7) is 2.51. The van der Waals surface area contributed by atoms with Gasteiger partial charge in [0.05, 0.1) is 13.7 Å². The number of hydrogen-bond donors (Lipinski definition) is 0. The van der Waals surface area contributed by atoms with Gasteiger partial charge in [0.15, 0.2) is 0 Å². The second-order valence-corrected chi connectivity index (χ2v) is 4.22. The molecule has 1 aromatic rings. The van der Waals surface area contributed by atoms with E-state index in [1.165, 1.54) is 0 Å². The number of esters is 1. The molecule has 0 saturated carbocycles. The minimum absolute atomic E-state index is 0.323. The first-order valence-corrected chi connectivity index (χ1v) is 6.75. The average molecular weight is 301 g/mol. The SMILES string of the molecule is CCCCOC(=O)c1ccc(CBr)cc1OC. The number of unbranched alkanes of at least 4 members (excludes halogenated alkanes) is 1. The fourth-order valence-electron chi connectivity index (χ4n) is 1.37. The molecule has 4 heteroatoms. The van der Waals surface area contributed by atoms with Crippen LogP contribution in [0.25, 0.3) is 0 Å². The molecule has 0 aliphatic heterocycles. The smallest absolute Gasteiger partial charge is 0.341 e. The van der Waals surface area contributed by atoms with Gasteiger partial charge in [-0.15, -0.1) is 0 Å². The van der Waals surface area contributed by atoms with Crippen LogP contribution in [0.1, 0.15) is 35.7 Å². The zero-order valence-electron chi connectivity index (χ0n) is 10.2. The van der Waals surface area contributed by atoms with Crippen molar-refractivity contribution in [3.63, 3.8) is 0 Å². The number of carbonyl (C=O) groups is 1. The summed E-state index contributed by atoms with van der Waals surface area (Å²) in [5.74, 6) is 0.236. The Morgan fingerprint density at radius 2 is 2.18 bits per heavy atom. The van der Waals surface area contributed by atoms with E-state index in [1.54, 1.807) is 13.2 Å². The van der Waals surface area contributed by atoms with Crippen molar-refractivity contribution in [3.05, 3.63) is 29.3 Å². The number of carbonyl (C=O) groups excluding carboxylic acids is 1. The average Bonchev–Trinajstić information content (AvgIpc) is 2.38. The molecule has 0 N–H and O–H groups in total. The van der Waals surface area contributed by atoms with Crippen molar-refractivity contribution in [1.82, 2.24) is 0 Å². The number of methoxy groups -OCH3 is 1. The van der Waals surface area contributed by atoms with Gasteiger partial charge in [0.25, 0.3) is 0 Å². The second kappa shape index (κ2) is 7.33. The number of hydrogen-bond acceptors (Lipinski definition) is 3. The quantitative estimate of drug-likeness (QED) is 0.458. The molecule has 1 aromatic carbocycles. The van der Waals surface area contributed by atoms with Crippen LogP contribution in [0.5, 0.6) is 5.75 Å². The lowest BCUT2D eigenvalue weighted by Gasteiger charge is -2.09. The van der Waals surface area contributed by atoms with Crippen LogP contribution in [0.2, 0.25) is 0 Å². The minimum Gasteiger partial charge on any atom is -0.496 e. The summed E-state index contributed by atoms with van der Waals surface area (Å²) in [5.41, 5.74) is 1.54. The van der Waals surface area contributed by atoms with Crippen molar-refractivity contribution in [3.8, 4) is 5.75 Å². The number of alkyl halides is 1. The summed E-state index contributed by atoms with van der Waals surface area (Å²) < 4.78 is 10.3. The lowest BCUT2D eigenvalue weighted by molar-refractivity contribution is 0.0496. The molecule has 17 heavy (non-hydrogen) atoms. The minimum atomic E-state index is -0.323. The Kier molecular flexibility index (Phi) is 6.05. The molecule has 0 saturated heterocycles. The molecule has 1 rings (SSSR count). The van der Waals surface area contributed by atoms with Crippen LogP contribution >= 0.6 is 15.9 Å². The summed E-state index contributed by atoms with van der Waals surface area (Å²) >= 11 is 3.36. The third-order valence-electron chi connectivity index (χ3n) is 2.37. The maximum Gasteiger partial charge on any atom is 0.341 e. The second-order valence-electron chi connectivity index (χ2n) is 3.66. The van der Waals surface area contributed by atoms with Crippen molar-refractivity contribution in [2.45, 2.75) is 25.1 Å². The summed E-state index contributed by atoms with van der Waals surface area (Å²) in [6.07, 6.45) is 1.89. The zero-order chi connectivity index (χ0) is 12.7. The molecular formula is C13H17BrO3. The number of ether oxygens (including phenoxy) is 2. The van der Waals surface area contributed by atoms with Crippen molar-refractivity contribution < 1.29 is 14.3 Å². The number of benzene rings is 1. The van der Waals surface area contributed by atoms with E-state index in [0.717, 1.165) is 23.7 Å². The van der Waals surface area contributed by atoms with E-state index in [9.17, 15) is 4.79 Å². The predicted molar refractivity (Wildman–Crippen MR) is 70.8 cm³/mol. The molecule has 0 amide bonds. The molecule has 0 spiro atoms. The van der Waals surface area contributed by atoms with Crippen LogP contribution in [-0.2, 0) is 10.1 Å². The maximum absolute atomic E-state index is 11.8. The molecule has 3 nitrogen and oxygen atoms in total. The van der Waals surface area contributed by atoms with E-state index < -0.39 is 0 Å². The van der Waals surface area contributed by atoms with Crippen molar-refractivity contribution in [2.24, 2.45) is 0 Å². The highest BCUT2D eigenvalue weighted by Crippen LogP contribution is 2.22. The molecule has 94 valence electrons. The normalized spacial score (nSPS) is 10.1. The molecule has 0 unspecified atom stereocenters. The lowest BCUT2D eigenvalue weighted by atomic mass is 10.1. The largest absolute Gasteiger partial charge is 0.496 e. The van der Waals surface area contributed by atoms with Crippen LogP contribution in [0.3, 0.4) is 0 Å². The highest BCUT2D eigenvalue weighted by Gasteiger charge is 2.13. The van der Waals surface area contributed by atoms with Crippen LogP contribution in [0.4, 0.5) is 0 Å². The molecule has 0 atom stereocenters. The van der Waals surface area contributed by atoms with Crippen LogP contribution in [-0.4, -0.2) is 19.7 Å². The Labute approximate surface area is 110 Å². The van der Waals surface area contributed by atoms with E-state index >= 15 is 0 Å². The van der Waals surface area contributed by atoms with E-state index in [2.05, 4.69) is 22.9 Å². The van der Waals surface area contributed by atoms with E-state index in [0.29, 0.717) is 17.9 Å². The molecule has 0 aliphatic carbocycles. The lowest BCUT2D eigenvalue weighted by Crippen LogP contribution is -2.08. The van der Waals surface area contributed by atoms with Gasteiger partial charge in [-0.05, 0) is 24.1 Å². The molecule has 0 radical (unpaired) electrons. The zero-order valence-corrected chi connectivity index (χ0v) is 11.7. The third-order valence-corrected chi connectivity index (χ3v) is 3.02. The Hall–Kier alpha value is -1.03. The van der Waals surface area contributed by atoms with Gasteiger partial charge in [-0.2, -0.15) is 0 Å². The van der Waals surface area contributed by atoms with Gasteiger partial charge in [0.2, 0.25) is 0 Å². The van der Waals surface area contributed by atoms with Gasteiger partial charge in [0.1, 0.15) is 11.3 Å². The predicted octanol–water partition coefficient (Wildman–Crippen LogP) is 3.55. The van der Waals surface area contributed by atoms with Gasteiger partial charge >= 0.3 is 5.97 Å². The van der Waals surface area contributed by atoms with Gasteiger partial charge < -0.3 is 9.47 Å². The highest BCUT2D eigenvalue weighted by atomic mass is 79.9. The highest BCUT2D eigenvalue weighted by molar-refractivity contribution is 9.08. The van der Waals surface area contributed by atoms with E-state index in [1.807, 2.05) is 12.1 Å². The Morgan fingerprint density at radius 1 is 1.41 bits per heavy atom. The van der Waals surface area contributed by atoms with E-state index in [4.69, 9.17) is 9.47 Å². The van der Waals surface area contributed by atoms with E-state index in [-0.39, 0.29) is 5.97 Å². The van der Waals surface area contributed by atoms with Gasteiger partial charge in [0, 0.05) is 5.33 Å². The summed E-state index contributed by atoms with van der Waals surface area (Å²) in [6, 6.07) is 5.46. The molecule has 0 heterocycles. The van der Waals surface area contributed by atoms with Gasteiger partial charge in [-0.1, -0.05) is 35.3 Å². The first-order valence-electron chi connectivity index (χ1n) is 5.63. The van der Waals surface area contributed by atoms with Crippen LogP contribution in [0.15, 0.2) is 18.2 Å². The Balaban J connectivity index is 2.78. The van der Waals surface area contributed by atoms with Crippen molar-refractivity contribution >= 4 is 21.9 Å². The third kappa shape index (κ3) is 4.04. The molecule has 0 aliphatic rings. The fraction of sp³-hybridized carbons (Fsp3) is 0.462. The monoisotopic (exact) mass is 300 g/mol. The standard InChI is InChI=1S/C13H17BrO3/c1-3-4-7-17-13(15)11-6-5-10(9-14)8-12(11)16-2/h5-6,8H,3-4,7,9H2,1-2H3. The number of halogens is 1. The summed E-state index contributed by atoms with van der Waals surface area (Å²) in [4.78, 5) is 11.8. The van der Waals surface area contributed by atoms with Crippen molar-refractivity contribution in [2.75, 3.05) is 13.7 Å². The van der Waals surface area contributed by atoms with Crippen molar-refractivity contribution in [1.29, 1.82) is 0 Å². The van der Waals surface area contributed by atoms with Crippen LogP contribution in [0, 0.1) is 0 Å². The fourth-order valence-corrected chi connectivity index (χ4v) is 1.72. The Bertz CT molecular complexity index is 377. The first-order chi connectivity index (χ1) is 8.22. The summed E-state index contributed by atoms with van der Waals surface area (Å²) in [5, 5.41) is 0.731. The number of rotatable bonds is 6.